The molecule has 0 aromatic heterocycles. The summed E-state index contributed by atoms with van der Waals surface area (Å²) in [5.74, 6) is 0.340. The monoisotopic (exact) mass is 192 g/mol. The Morgan fingerprint density at radius 1 is 1.33 bits per heavy atom. The fourth-order valence-electron chi connectivity index (χ4n) is 1.38. The third-order valence-corrected chi connectivity index (χ3v) is 2.60. The molecule has 1 atom stereocenters. The molecular formula is C8H17ClN2O. The van der Waals surface area contributed by atoms with Crippen molar-refractivity contribution in [3.05, 3.63) is 0 Å². The number of aliphatic hydroxyl groups excluding tert-OH is 1. The van der Waals surface area contributed by atoms with Gasteiger partial charge in [-0.1, -0.05) is 0 Å². The highest BCUT2D eigenvalue weighted by Gasteiger charge is 2.15. The molecule has 0 aromatic carbocycles. The van der Waals surface area contributed by atoms with E-state index in [1.165, 1.54) is 0 Å². The number of halogens is 1. The summed E-state index contributed by atoms with van der Waals surface area (Å²) in [7, 11) is 2.12. The molecule has 1 fully saturated rings. The molecule has 0 amide bonds. The van der Waals surface area contributed by atoms with E-state index < -0.39 is 0 Å². The van der Waals surface area contributed by atoms with Gasteiger partial charge in [-0.25, -0.2) is 0 Å². The molecule has 0 bridgehead atoms. The van der Waals surface area contributed by atoms with Gasteiger partial charge in [0, 0.05) is 38.6 Å². The van der Waals surface area contributed by atoms with Crippen LogP contribution in [-0.2, 0) is 0 Å². The lowest BCUT2D eigenvalue weighted by molar-refractivity contribution is 0.0915. The fraction of sp³-hybridized carbons (Fsp3) is 1.00. The first-order valence-corrected chi connectivity index (χ1v) is 4.90. The van der Waals surface area contributed by atoms with Crippen LogP contribution < -0.4 is 0 Å². The molecule has 12 heavy (non-hydrogen) atoms. The summed E-state index contributed by atoms with van der Waals surface area (Å²) in [5.41, 5.74) is 0. The zero-order valence-electron chi connectivity index (χ0n) is 7.54. The van der Waals surface area contributed by atoms with Gasteiger partial charge in [0.2, 0.25) is 0 Å². The van der Waals surface area contributed by atoms with Crippen molar-refractivity contribution in [3.63, 3.8) is 0 Å². The molecule has 0 spiro atoms. The maximum Gasteiger partial charge on any atom is 0.0802 e. The topological polar surface area (TPSA) is 26.7 Å². The Hall–Kier alpha value is 0.170. The summed E-state index contributed by atoms with van der Waals surface area (Å²) in [6, 6.07) is 0. The third-order valence-electron chi connectivity index (χ3n) is 2.24. The smallest absolute Gasteiger partial charge is 0.0802 e. The molecule has 0 aromatic rings. The largest absolute Gasteiger partial charge is 0.391 e. The first-order valence-electron chi connectivity index (χ1n) is 4.37. The van der Waals surface area contributed by atoms with E-state index in [0.29, 0.717) is 5.88 Å². The van der Waals surface area contributed by atoms with E-state index in [0.717, 1.165) is 32.7 Å². The van der Waals surface area contributed by atoms with Crippen molar-refractivity contribution >= 4 is 11.6 Å². The minimum Gasteiger partial charge on any atom is -0.391 e. The van der Waals surface area contributed by atoms with Crippen molar-refractivity contribution in [2.45, 2.75) is 6.10 Å². The van der Waals surface area contributed by atoms with Gasteiger partial charge in [-0.2, -0.15) is 0 Å². The van der Waals surface area contributed by atoms with Crippen LogP contribution in [0, 0.1) is 0 Å². The van der Waals surface area contributed by atoms with Gasteiger partial charge in [0.15, 0.2) is 0 Å². The van der Waals surface area contributed by atoms with Crippen LogP contribution in [0.3, 0.4) is 0 Å². The second-order valence-electron chi connectivity index (χ2n) is 3.41. The number of rotatable bonds is 3. The fourth-order valence-corrected chi connectivity index (χ4v) is 1.47. The van der Waals surface area contributed by atoms with Crippen LogP contribution in [0.2, 0.25) is 0 Å². The van der Waals surface area contributed by atoms with E-state index >= 15 is 0 Å². The van der Waals surface area contributed by atoms with Crippen LogP contribution >= 0.6 is 11.6 Å². The van der Waals surface area contributed by atoms with Gasteiger partial charge >= 0.3 is 0 Å². The lowest BCUT2D eigenvalue weighted by atomic mass is 10.3. The van der Waals surface area contributed by atoms with E-state index in [1.807, 2.05) is 0 Å². The Balaban J connectivity index is 2.17. The van der Waals surface area contributed by atoms with Crippen LogP contribution in [0.25, 0.3) is 0 Å². The second kappa shape index (κ2) is 5.02. The Morgan fingerprint density at radius 3 is 2.42 bits per heavy atom. The highest BCUT2D eigenvalue weighted by atomic mass is 35.5. The summed E-state index contributed by atoms with van der Waals surface area (Å²) >= 11 is 5.51. The van der Waals surface area contributed by atoms with E-state index in [1.54, 1.807) is 0 Å². The normalized spacial score (nSPS) is 24.2. The minimum absolute atomic E-state index is 0.340. The summed E-state index contributed by atoms with van der Waals surface area (Å²) in [4.78, 5) is 4.55. The Bertz CT molecular complexity index is 126. The molecule has 0 aliphatic carbocycles. The number of β-amino-alcohol motifs (C(OH)–C–C–N with tert-alkyl or cyclic N) is 1. The van der Waals surface area contributed by atoms with Crippen LogP contribution in [-0.4, -0.2) is 66.7 Å². The zero-order valence-corrected chi connectivity index (χ0v) is 8.30. The van der Waals surface area contributed by atoms with E-state index in [2.05, 4.69) is 16.8 Å². The number of likely N-dealkylation sites (N-methyl/N-ethyl adjacent to an activating group) is 1. The molecule has 1 aliphatic rings. The second-order valence-corrected chi connectivity index (χ2v) is 3.72. The molecule has 1 rings (SSSR count). The number of piperazine rings is 1. The molecule has 1 N–H and O–H groups in total. The van der Waals surface area contributed by atoms with Crippen LogP contribution in [0.4, 0.5) is 0 Å². The predicted molar refractivity (Wildman–Crippen MR) is 50.7 cm³/mol. The Labute approximate surface area is 78.9 Å². The molecule has 4 heteroatoms. The molecule has 3 nitrogen and oxygen atoms in total. The number of hydrogen-bond donors (Lipinski definition) is 1. The van der Waals surface area contributed by atoms with Crippen molar-refractivity contribution in [1.82, 2.24) is 9.80 Å². The maximum absolute atomic E-state index is 9.29. The summed E-state index contributed by atoms with van der Waals surface area (Å²) in [6.07, 6.45) is -0.366. The lowest BCUT2D eigenvalue weighted by Crippen LogP contribution is -2.47. The van der Waals surface area contributed by atoms with E-state index in [9.17, 15) is 5.11 Å². The molecule has 1 saturated heterocycles. The highest BCUT2D eigenvalue weighted by molar-refractivity contribution is 6.18. The predicted octanol–water partition coefficient (Wildman–Crippen LogP) is -0.167. The summed E-state index contributed by atoms with van der Waals surface area (Å²) < 4.78 is 0. The van der Waals surface area contributed by atoms with Crippen molar-refractivity contribution in [1.29, 1.82) is 0 Å². The molecular weight excluding hydrogens is 176 g/mol. The third kappa shape index (κ3) is 3.27. The van der Waals surface area contributed by atoms with Gasteiger partial charge in [0.25, 0.3) is 0 Å². The number of hydrogen-bond acceptors (Lipinski definition) is 3. The van der Waals surface area contributed by atoms with Gasteiger partial charge in [-0.3, -0.25) is 4.90 Å². The maximum atomic E-state index is 9.29. The van der Waals surface area contributed by atoms with Gasteiger partial charge in [-0.15, -0.1) is 11.6 Å². The average Bonchev–Trinajstić information content (AvgIpc) is 2.09. The number of nitrogens with zero attached hydrogens (tertiary/aromatic N) is 2. The first kappa shape index (κ1) is 10.3. The van der Waals surface area contributed by atoms with Crippen molar-refractivity contribution < 1.29 is 5.11 Å². The molecule has 72 valence electrons. The van der Waals surface area contributed by atoms with Gasteiger partial charge in [0.05, 0.1) is 6.10 Å². The highest BCUT2D eigenvalue weighted by Crippen LogP contribution is 2.00. The Kier molecular flexibility index (Phi) is 4.29. The number of aliphatic hydroxyl groups is 1. The van der Waals surface area contributed by atoms with E-state index in [-0.39, 0.29) is 6.10 Å². The quantitative estimate of drug-likeness (QED) is 0.630. The van der Waals surface area contributed by atoms with E-state index in [4.69, 9.17) is 11.6 Å². The van der Waals surface area contributed by atoms with Crippen molar-refractivity contribution in [3.8, 4) is 0 Å². The summed E-state index contributed by atoms with van der Waals surface area (Å²) in [6.45, 7) is 5.00. The molecule has 0 radical (unpaired) electrons. The molecule has 1 heterocycles. The van der Waals surface area contributed by atoms with Gasteiger partial charge < -0.3 is 10.0 Å². The van der Waals surface area contributed by atoms with Gasteiger partial charge in [-0.05, 0) is 7.05 Å². The van der Waals surface area contributed by atoms with Gasteiger partial charge in [0.1, 0.15) is 0 Å². The van der Waals surface area contributed by atoms with Crippen molar-refractivity contribution in [2.75, 3.05) is 45.7 Å². The summed E-state index contributed by atoms with van der Waals surface area (Å²) in [5, 5.41) is 9.29. The van der Waals surface area contributed by atoms with Crippen LogP contribution in [0.15, 0.2) is 0 Å². The standard InChI is InChI=1S/C8H17ClN2O/c1-10-2-4-11(5-3-10)7-8(12)6-9/h8,12H,2-7H2,1H3. The molecule has 0 saturated carbocycles. The van der Waals surface area contributed by atoms with Crippen molar-refractivity contribution in [2.24, 2.45) is 0 Å². The zero-order chi connectivity index (χ0) is 8.97. The van der Waals surface area contributed by atoms with Crippen LogP contribution in [0.5, 0.6) is 0 Å². The average molecular weight is 193 g/mol. The molecule has 1 unspecified atom stereocenters. The van der Waals surface area contributed by atoms with Crippen LogP contribution in [0.1, 0.15) is 0 Å². The minimum atomic E-state index is -0.366. The number of alkyl halides is 1. The molecule has 1 aliphatic heterocycles. The SMILES string of the molecule is CN1CCN(CC(O)CCl)CC1. The Morgan fingerprint density at radius 2 is 1.92 bits per heavy atom. The first-order chi connectivity index (χ1) is 5.72. The lowest BCUT2D eigenvalue weighted by Gasteiger charge is -2.33.